The van der Waals surface area contributed by atoms with Gasteiger partial charge in [-0.15, -0.1) is 0 Å². The van der Waals surface area contributed by atoms with Crippen LogP contribution in [0.25, 0.3) is 0 Å². The molecular weight excluding hydrogens is 248 g/mol. The molecule has 0 atom stereocenters. The standard InChI is InChI=1S/C17H26N2O/c1-3-19(12-14-6-10-16(18)11-7-14)17(20)15-8-4-13(2)5-9-15/h6-7,10-11,13,15H,3-5,8-9,12,18H2,1-2H3. The van der Waals surface area contributed by atoms with E-state index in [1.165, 1.54) is 12.8 Å². The fraction of sp³-hybridized carbons (Fsp3) is 0.588. The Bertz CT molecular complexity index is 433. The van der Waals surface area contributed by atoms with Crippen LogP contribution in [0, 0.1) is 11.8 Å². The predicted molar refractivity (Wildman–Crippen MR) is 83.1 cm³/mol. The molecule has 1 aromatic carbocycles. The van der Waals surface area contributed by atoms with Gasteiger partial charge in [-0.1, -0.05) is 19.1 Å². The number of anilines is 1. The molecule has 0 bridgehead atoms. The lowest BCUT2D eigenvalue weighted by Gasteiger charge is -2.30. The van der Waals surface area contributed by atoms with Gasteiger partial charge in [0, 0.05) is 24.7 Å². The fourth-order valence-corrected chi connectivity index (χ4v) is 2.95. The summed E-state index contributed by atoms with van der Waals surface area (Å²) in [6.07, 6.45) is 4.49. The number of amides is 1. The molecule has 0 heterocycles. The zero-order valence-electron chi connectivity index (χ0n) is 12.6. The van der Waals surface area contributed by atoms with Crippen LogP contribution in [0.3, 0.4) is 0 Å². The summed E-state index contributed by atoms with van der Waals surface area (Å²) < 4.78 is 0. The second-order valence-corrected chi connectivity index (χ2v) is 6.05. The van der Waals surface area contributed by atoms with E-state index in [2.05, 4.69) is 13.8 Å². The van der Waals surface area contributed by atoms with Gasteiger partial charge in [0.25, 0.3) is 0 Å². The number of hydrogen-bond acceptors (Lipinski definition) is 2. The minimum Gasteiger partial charge on any atom is -0.399 e. The van der Waals surface area contributed by atoms with Crippen molar-refractivity contribution >= 4 is 11.6 Å². The molecule has 1 aliphatic carbocycles. The molecule has 1 aromatic rings. The Labute approximate surface area is 122 Å². The Hall–Kier alpha value is -1.51. The molecule has 0 aromatic heterocycles. The highest BCUT2D eigenvalue weighted by atomic mass is 16.2. The molecule has 3 heteroatoms. The third-order valence-electron chi connectivity index (χ3n) is 4.41. The molecule has 2 rings (SSSR count). The molecular formula is C17H26N2O. The summed E-state index contributed by atoms with van der Waals surface area (Å²) in [7, 11) is 0. The van der Waals surface area contributed by atoms with E-state index in [4.69, 9.17) is 5.73 Å². The fourth-order valence-electron chi connectivity index (χ4n) is 2.95. The molecule has 2 N–H and O–H groups in total. The van der Waals surface area contributed by atoms with Gasteiger partial charge in [0.05, 0.1) is 0 Å². The lowest BCUT2D eigenvalue weighted by atomic mass is 9.82. The molecule has 0 radical (unpaired) electrons. The SMILES string of the molecule is CCN(Cc1ccc(N)cc1)C(=O)C1CCC(C)CC1. The number of hydrogen-bond donors (Lipinski definition) is 1. The molecule has 110 valence electrons. The molecule has 1 fully saturated rings. The molecule has 0 saturated heterocycles. The number of nitrogens with zero attached hydrogens (tertiary/aromatic N) is 1. The monoisotopic (exact) mass is 274 g/mol. The average molecular weight is 274 g/mol. The van der Waals surface area contributed by atoms with Crippen LogP contribution in [-0.2, 0) is 11.3 Å². The largest absolute Gasteiger partial charge is 0.399 e. The van der Waals surface area contributed by atoms with E-state index in [1.54, 1.807) is 0 Å². The smallest absolute Gasteiger partial charge is 0.225 e. The minimum atomic E-state index is 0.236. The molecule has 20 heavy (non-hydrogen) atoms. The number of nitrogen functional groups attached to an aromatic ring is 1. The van der Waals surface area contributed by atoms with Crippen molar-refractivity contribution in [2.24, 2.45) is 11.8 Å². The van der Waals surface area contributed by atoms with Gasteiger partial charge in [0.2, 0.25) is 5.91 Å². The summed E-state index contributed by atoms with van der Waals surface area (Å²) in [6.45, 7) is 5.81. The maximum atomic E-state index is 12.6. The Balaban J connectivity index is 1.97. The van der Waals surface area contributed by atoms with Gasteiger partial charge in [-0.25, -0.2) is 0 Å². The van der Waals surface area contributed by atoms with Crippen LogP contribution in [0.4, 0.5) is 5.69 Å². The van der Waals surface area contributed by atoms with Crippen molar-refractivity contribution in [1.82, 2.24) is 4.90 Å². The van der Waals surface area contributed by atoms with Crippen LogP contribution < -0.4 is 5.73 Å². The van der Waals surface area contributed by atoms with Gasteiger partial charge >= 0.3 is 0 Å². The zero-order valence-corrected chi connectivity index (χ0v) is 12.6. The number of nitrogens with two attached hydrogens (primary N) is 1. The van der Waals surface area contributed by atoms with E-state index in [9.17, 15) is 4.79 Å². The highest BCUT2D eigenvalue weighted by Crippen LogP contribution is 2.29. The van der Waals surface area contributed by atoms with E-state index >= 15 is 0 Å². The van der Waals surface area contributed by atoms with Gasteiger partial charge in [0.1, 0.15) is 0 Å². The Morgan fingerprint density at radius 1 is 1.20 bits per heavy atom. The van der Waals surface area contributed by atoms with Crippen molar-refractivity contribution in [3.8, 4) is 0 Å². The first-order valence-corrected chi connectivity index (χ1v) is 7.73. The van der Waals surface area contributed by atoms with E-state index in [1.807, 2.05) is 29.2 Å². The topological polar surface area (TPSA) is 46.3 Å². The van der Waals surface area contributed by atoms with Gasteiger partial charge in [-0.05, 0) is 56.2 Å². The van der Waals surface area contributed by atoms with Crippen LogP contribution in [0.5, 0.6) is 0 Å². The van der Waals surface area contributed by atoms with Crippen molar-refractivity contribution in [1.29, 1.82) is 0 Å². The third-order valence-corrected chi connectivity index (χ3v) is 4.41. The van der Waals surface area contributed by atoms with Crippen LogP contribution in [0.1, 0.15) is 45.1 Å². The average Bonchev–Trinajstić information content (AvgIpc) is 2.47. The molecule has 0 unspecified atom stereocenters. The third kappa shape index (κ3) is 3.75. The number of carbonyl (C=O) groups excluding carboxylic acids is 1. The molecule has 1 saturated carbocycles. The molecule has 3 nitrogen and oxygen atoms in total. The molecule has 0 spiro atoms. The van der Waals surface area contributed by atoms with Crippen molar-refractivity contribution in [3.63, 3.8) is 0 Å². The lowest BCUT2D eigenvalue weighted by molar-refractivity contribution is -0.137. The van der Waals surface area contributed by atoms with Gasteiger partial charge in [0.15, 0.2) is 0 Å². The number of benzene rings is 1. The van der Waals surface area contributed by atoms with E-state index < -0.39 is 0 Å². The number of carbonyl (C=O) groups is 1. The molecule has 1 aliphatic rings. The second-order valence-electron chi connectivity index (χ2n) is 6.05. The summed E-state index contributed by atoms with van der Waals surface area (Å²) in [6, 6.07) is 7.81. The van der Waals surface area contributed by atoms with Crippen molar-refractivity contribution in [2.75, 3.05) is 12.3 Å². The van der Waals surface area contributed by atoms with E-state index in [0.29, 0.717) is 12.5 Å². The first-order chi connectivity index (χ1) is 9.60. The molecule has 1 amide bonds. The van der Waals surface area contributed by atoms with Gasteiger partial charge < -0.3 is 10.6 Å². The summed E-state index contributed by atoms with van der Waals surface area (Å²) >= 11 is 0. The summed E-state index contributed by atoms with van der Waals surface area (Å²) in [4.78, 5) is 14.6. The van der Waals surface area contributed by atoms with Gasteiger partial charge in [-0.2, -0.15) is 0 Å². The van der Waals surface area contributed by atoms with Gasteiger partial charge in [-0.3, -0.25) is 4.79 Å². The van der Waals surface area contributed by atoms with Crippen LogP contribution >= 0.6 is 0 Å². The molecule has 0 aliphatic heterocycles. The maximum absolute atomic E-state index is 12.6. The minimum absolute atomic E-state index is 0.236. The summed E-state index contributed by atoms with van der Waals surface area (Å²) in [5.74, 6) is 1.35. The quantitative estimate of drug-likeness (QED) is 0.855. The van der Waals surface area contributed by atoms with E-state index in [0.717, 1.165) is 36.6 Å². The summed E-state index contributed by atoms with van der Waals surface area (Å²) in [5.41, 5.74) is 7.62. The second kappa shape index (κ2) is 6.78. The van der Waals surface area contributed by atoms with Crippen LogP contribution in [0.15, 0.2) is 24.3 Å². The normalized spacial score (nSPS) is 22.5. The maximum Gasteiger partial charge on any atom is 0.225 e. The predicted octanol–water partition coefficient (Wildman–Crippen LogP) is 3.44. The summed E-state index contributed by atoms with van der Waals surface area (Å²) in [5, 5.41) is 0. The van der Waals surface area contributed by atoms with Crippen molar-refractivity contribution < 1.29 is 4.79 Å². The number of rotatable bonds is 4. The van der Waals surface area contributed by atoms with Crippen molar-refractivity contribution in [3.05, 3.63) is 29.8 Å². The Kier molecular flexibility index (Phi) is 5.05. The first-order valence-electron chi connectivity index (χ1n) is 7.73. The Morgan fingerprint density at radius 2 is 1.80 bits per heavy atom. The van der Waals surface area contributed by atoms with Crippen LogP contribution in [0.2, 0.25) is 0 Å². The van der Waals surface area contributed by atoms with Crippen LogP contribution in [-0.4, -0.2) is 17.4 Å². The first kappa shape index (κ1) is 14.9. The zero-order chi connectivity index (χ0) is 14.5. The highest BCUT2D eigenvalue weighted by Gasteiger charge is 2.27. The van der Waals surface area contributed by atoms with E-state index in [-0.39, 0.29) is 5.92 Å². The van der Waals surface area contributed by atoms with Crippen molar-refractivity contribution in [2.45, 2.75) is 46.1 Å². The Morgan fingerprint density at radius 3 is 2.35 bits per heavy atom. The lowest BCUT2D eigenvalue weighted by Crippen LogP contribution is -2.37. The highest BCUT2D eigenvalue weighted by molar-refractivity contribution is 5.78.